The molecule has 0 spiro atoms. The van der Waals surface area contributed by atoms with Crippen LogP contribution in [0.2, 0.25) is 0 Å². The van der Waals surface area contributed by atoms with E-state index in [4.69, 9.17) is 9.97 Å². The Morgan fingerprint density at radius 1 is 0.408 bits per heavy atom. The minimum absolute atomic E-state index is 0.252. The van der Waals surface area contributed by atoms with Crippen molar-refractivity contribution in [2.45, 2.75) is 12.8 Å². The van der Waals surface area contributed by atoms with E-state index < -0.39 is 0 Å². The predicted molar refractivity (Wildman–Crippen MR) is 198 cm³/mol. The van der Waals surface area contributed by atoms with Crippen LogP contribution in [0.1, 0.15) is 21.9 Å². The summed E-state index contributed by atoms with van der Waals surface area (Å²) in [5.41, 5.74) is 13.6. The Balaban J connectivity index is 1.49. The van der Waals surface area contributed by atoms with Crippen molar-refractivity contribution in [1.82, 2.24) is 19.9 Å². The zero-order valence-corrected chi connectivity index (χ0v) is 26.6. The molecule has 0 saturated carbocycles. The van der Waals surface area contributed by atoms with Crippen LogP contribution in [0.3, 0.4) is 0 Å². The number of nitrogens with one attached hydrogen (secondary N) is 3. The van der Waals surface area contributed by atoms with Crippen LogP contribution < -0.4 is 5.32 Å². The first-order valence-electron chi connectivity index (χ1n) is 16.5. The van der Waals surface area contributed by atoms with Crippen LogP contribution in [0, 0.1) is 0 Å². The van der Waals surface area contributed by atoms with Gasteiger partial charge in [0, 0.05) is 38.8 Å². The Morgan fingerprint density at radius 3 is 1.22 bits per heavy atom. The topological polar surface area (TPSA) is 86.5 Å². The van der Waals surface area contributed by atoms with Crippen molar-refractivity contribution in [2.24, 2.45) is 0 Å². The number of rotatable bonds is 4. The molecule has 49 heavy (non-hydrogen) atoms. The summed E-state index contributed by atoms with van der Waals surface area (Å²) < 4.78 is 0. The maximum Gasteiger partial charge on any atom is 0.276 e. The van der Waals surface area contributed by atoms with Gasteiger partial charge in [-0.3, -0.25) is 9.78 Å². The van der Waals surface area contributed by atoms with Crippen molar-refractivity contribution in [2.75, 3.05) is 5.32 Å². The Hall–Kier alpha value is -6.53. The fourth-order valence-corrected chi connectivity index (χ4v) is 7.11. The molecule has 8 bridgehead atoms. The molecule has 0 atom stereocenters. The predicted octanol–water partition coefficient (Wildman–Crippen LogP) is 10.0. The highest BCUT2D eigenvalue weighted by Gasteiger charge is 2.26. The Labute approximate surface area is 283 Å². The largest absolute Gasteiger partial charge is 0.354 e. The number of aromatic amines is 2. The van der Waals surface area contributed by atoms with Crippen molar-refractivity contribution in [3.63, 3.8) is 0 Å². The number of H-pyrrole nitrogens is 2. The van der Waals surface area contributed by atoms with Gasteiger partial charge in [-0.05, 0) is 59.4 Å². The van der Waals surface area contributed by atoms with Gasteiger partial charge in [-0.15, -0.1) is 0 Å². The summed E-state index contributed by atoms with van der Waals surface area (Å²) in [4.78, 5) is 32.0. The van der Waals surface area contributed by atoms with E-state index in [1.165, 1.54) is 0 Å². The van der Waals surface area contributed by atoms with E-state index in [1.807, 2.05) is 78.9 Å². The van der Waals surface area contributed by atoms with E-state index in [-0.39, 0.29) is 5.91 Å². The molecule has 234 valence electrons. The number of carbonyl (C=O) groups excluding carboxylic acids is 1. The van der Waals surface area contributed by atoms with E-state index in [0.717, 1.165) is 90.8 Å². The van der Waals surface area contributed by atoms with Crippen LogP contribution in [-0.2, 0) is 12.8 Å². The lowest BCUT2D eigenvalue weighted by Crippen LogP contribution is -2.06. The fourth-order valence-electron chi connectivity index (χ4n) is 7.11. The lowest BCUT2D eigenvalue weighted by Gasteiger charge is -2.06. The lowest BCUT2D eigenvalue weighted by molar-refractivity contribution is 0.102. The number of carbonyl (C=O) groups is 1. The van der Waals surface area contributed by atoms with Gasteiger partial charge in [-0.25, -0.2) is 4.98 Å². The van der Waals surface area contributed by atoms with Gasteiger partial charge in [-0.2, -0.15) is 0 Å². The van der Waals surface area contributed by atoms with E-state index in [0.29, 0.717) is 11.5 Å². The average Bonchev–Trinajstić information content (AvgIpc) is 3.98. The zero-order valence-electron chi connectivity index (χ0n) is 26.6. The molecule has 0 fully saturated rings. The number of anilines is 1. The van der Waals surface area contributed by atoms with E-state index in [1.54, 1.807) is 0 Å². The quantitative estimate of drug-likeness (QED) is 0.180. The highest BCUT2D eigenvalue weighted by atomic mass is 16.2. The highest BCUT2D eigenvalue weighted by Crippen LogP contribution is 2.38. The molecular weight excluding hydrogens is 603 g/mol. The summed E-state index contributed by atoms with van der Waals surface area (Å²) in [5.74, 6) is 0.246. The van der Waals surface area contributed by atoms with Gasteiger partial charge in [0.05, 0.1) is 16.9 Å². The Kier molecular flexibility index (Phi) is 6.98. The molecule has 1 amide bonds. The van der Waals surface area contributed by atoms with Gasteiger partial charge in [0.25, 0.3) is 5.91 Å². The molecular formula is C43H31N5O. The van der Waals surface area contributed by atoms with Gasteiger partial charge in [0.2, 0.25) is 0 Å². The number of fused-ring (bicyclic) bond motifs is 8. The highest BCUT2D eigenvalue weighted by molar-refractivity contribution is 6.14. The number of hydrogen-bond donors (Lipinski definition) is 3. The van der Waals surface area contributed by atoms with E-state index in [2.05, 4.69) is 82.0 Å². The summed E-state index contributed by atoms with van der Waals surface area (Å²) in [6, 6.07) is 49.3. The molecule has 2 aliphatic heterocycles. The monoisotopic (exact) mass is 633 g/mol. The third-order valence-electron chi connectivity index (χ3n) is 9.29. The standard InChI is InChI=1S/C43H31N5O/c49-43-41-39(29-17-9-3-10-18-29)35-25-23-33(45-35)37(27-13-5-1-6-14-27)31-21-22-32(44-31)38(28-15-7-2-8-16-28)34-24-26-36(46-34)40(42(47-41)48-43)30-19-11-4-12-20-30/h1-20,23-26,45-46H,21-22H2,(H,47,48,49). The van der Waals surface area contributed by atoms with Crippen LogP contribution in [0.15, 0.2) is 146 Å². The van der Waals surface area contributed by atoms with Crippen molar-refractivity contribution in [3.05, 3.63) is 163 Å². The summed E-state index contributed by atoms with van der Waals surface area (Å²) in [7, 11) is 0. The Bertz CT molecular complexity index is 2520. The maximum absolute atomic E-state index is 14.0. The number of hydrogen-bond acceptors (Lipinski definition) is 3. The molecule has 3 aromatic heterocycles. The van der Waals surface area contributed by atoms with Crippen molar-refractivity contribution in [1.29, 1.82) is 0 Å². The molecule has 5 heterocycles. The number of amides is 1. The normalized spacial score (nSPS) is 12.5. The zero-order chi connectivity index (χ0) is 32.7. The lowest BCUT2D eigenvalue weighted by atomic mass is 10.0. The number of aryl methyl sites for hydroxylation is 2. The molecule has 2 aliphatic rings. The van der Waals surface area contributed by atoms with Gasteiger partial charge in [0.15, 0.2) is 0 Å². The molecule has 7 aromatic rings. The third-order valence-corrected chi connectivity index (χ3v) is 9.29. The van der Waals surface area contributed by atoms with Gasteiger partial charge < -0.3 is 15.3 Å². The summed E-state index contributed by atoms with van der Waals surface area (Å²) in [6.45, 7) is 0. The first-order chi connectivity index (χ1) is 24.2. The third kappa shape index (κ3) is 5.11. The molecule has 6 nitrogen and oxygen atoms in total. The molecule has 9 rings (SSSR count). The molecule has 0 saturated heterocycles. The minimum atomic E-state index is -0.252. The second-order valence-corrected chi connectivity index (χ2v) is 12.3. The van der Waals surface area contributed by atoms with Crippen molar-refractivity contribution >= 4 is 33.8 Å². The van der Waals surface area contributed by atoms with E-state index in [9.17, 15) is 4.79 Å². The van der Waals surface area contributed by atoms with Gasteiger partial charge >= 0.3 is 0 Å². The first kappa shape index (κ1) is 28.7. The number of benzene rings is 4. The summed E-state index contributed by atoms with van der Waals surface area (Å²) in [5, 5.41) is 3.14. The second kappa shape index (κ2) is 11.9. The molecule has 6 heteroatoms. The van der Waals surface area contributed by atoms with Crippen LogP contribution in [0.4, 0.5) is 5.82 Å². The van der Waals surface area contributed by atoms with E-state index >= 15 is 0 Å². The van der Waals surface area contributed by atoms with Crippen molar-refractivity contribution in [3.8, 4) is 44.5 Å². The average molecular weight is 634 g/mol. The smallest absolute Gasteiger partial charge is 0.276 e. The molecule has 0 unspecified atom stereocenters. The second-order valence-electron chi connectivity index (χ2n) is 12.3. The minimum Gasteiger partial charge on any atom is -0.354 e. The van der Waals surface area contributed by atoms with Crippen LogP contribution in [0.5, 0.6) is 0 Å². The fraction of sp³-hybridized carbons (Fsp3) is 0.0465. The van der Waals surface area contributed by atoms with Gasteiger partial charge in [0.1, 0.15) is 11.5 Å². The molecule has 4 aromatic carbocycles. The van der Waals surface area contributed by atoms with Gasteiger partial charge in [-0.1, -0.05) is 121 Å². The summed E-state index contributed by atoms with van der Waals surface area (Å²) in [6.07, 6.45) is 1.59. The number of aromatic nitrogens is 4. The van der Waals surface area contributed by atoms with Crippen LogP contribution in [-0.4, -0.2) is 25.8 Å². The summed E-state index contributed by atoms with van der Waals surface area (Å²) >= 11 is 0. The Morgan fingerprint density at radius 2 is 0.776 bits per heavy atom. The van der Waals surface area contributed by atoms with Crippen molar-refractivity contribution < 1.29 is 4.79 Å². The molecule has 0 aliphatic carbocycles. The van der Waals surface area contributed by atoms with Crippen LogP contribution >= 0.6 is 0 Å². The number of nitrogens with zero attached hydrogens (tertiary/aromatic N) is 2. The van der Waals surface area contributed by atoms with Crippen LogP contribution in [0.25, 0.3) is 66.6 Å². The SMILES string of the molecule is O=C1Nc2nc1c(-c1ccccc1)c1ccc([nH]1)c(-c1ccccc1)c1nc(c(-c3ccccc3)c3ccc([nH]3)c2-c2ccccc2)CC1. The first-order valence-corrected chi connectivity index (χ1v) is 16.5. The maximum atomic E-state index is 14.0. The molecule has 0 radical (unpaired) electrons. The molecule has 3 N–H and O–H groups in total.